The van der Waals surface area contributed by atoms with Crippen molar-refractivity contribution in [3.05, 3.63) is 42.5 Å². The molecule has 0 aliphatic heterocycles. The first-order chi connectivity index (χ1) is 6.05. The van der Waals surface area contributed by atoms with E-state index in [0.29, 0.717) is 12.0 Å². The van der Waals surface area contributed by atoms with Crippen molar-refractivity contribution < 1.29 is 13.0 Å². The van der Waals surface area contributed by atoms with Crippen LogP contribution in [0.3, 0.4) is 0 Å². The van der Waals surface area contributed by atoms with Crippen LogP contribution in [-0.2, 0) is 16.5 Å². The molecule has 0 saturated heterocycles. The van der Waals surface area contributed by atoms with E-state index in [9.17, 15) is 8.42 Å². The summed E-state index contributed by atoms with van der Waals surface area (Å²) < 4.78 is 30.5. The molecule has 0 aliphatic carbocycles. The maximum absolute atomic E-state index is 10.8. The first kappa shape index (κ1) is 13.9. The first-order valence-electron chi connectivity index (χ1n) is 3.72. The van der Waals surface area contributed by atoms with Crippen LogP contribution < -0.4 is 0 Å². The second-order valence-electron chi connectivity index (χ2n) is 2.58. The van der Waals surface area contributed by atoms with Gasteiger partial charge in [0.05, 0.1) is 4.90 Å². The maximum atomic E-state index is 10.8. The van der Waals surface area contributed by atoms with Crippen molar-refractivity contribution in [2.75, 3.05) is 0 Å². The molecular weight excluding hydrogens is 211 g/mol. The fraction of sp³-hybridized carbons (Fsp3) is 0.111. The van der Waals surface area contributed by atoms with Gasteiger partial charge in [-0.3, -0.25) is 4.55 Å². The van der Waals surface area contributed by atoms with Gasteiger partial charge in [0.15, 0.2) is 0 Å². The second kappa shape index (κ2) is 5.68. The molecule has 0 radical (unpaired) electrons. The third-order valence-electron chi connectivity index (χ3n) is 1.61. The topological polar surface area (TPSA) is 54.4 Å². The molecule has 1 N–H and O–H groups in total. The van der Waals surface area contributed by atoms with Crippen molar-refractivity contribution in [3.63, 3.8) is 0 Å². The Balaban J connectivity index is 0.00000169. The van der Waals surface area contributed by atoms with Crippen LogP contribution in [0.4, 0.5) is 0 Å². The molecule has 0 bridgehead atoms. The Kier molecular flexibility index (Phi) is 5.63. The minimum absolute atomic E-state index is 0. The van der Waals surface area contributed by atoms with Gasteiger partial charge < -0.3 is 0 Å². The van der Waals surface area contributed by atoms with Crippen molar-refractivity contribution in [1.82, 2.24) is 0 Å². The molecule has 1 rings (SSSR count). The molecule has 5 heteroatoms. The number of hydrogen-bond donors (Lipinski definition) is 1. The van der Waals surface area contributed by atoms with E-state index in [0.717, 1.165) is 0 Å². The average molecular weight is 222 g/mol. The average Bonchev–Trinajstić information content (AvgIpc) is 2.04. The van der Waals surface area contributed by atoms with E-state index in [1.54, 1.807) is 24.3 Å². The number of rotatable bonds is 3. The van der Waals surface area contributed by atoms with Crippen molar-refractivity contribution in [2.45, 2.75) is 11.3 Å². The summed E-state index contributed by atoms with van der Waals surface area (Å²) in [5, 5.41) is 0. The zero-order valence-electron chi connectivity index (χ0n) is 6.97. The predicted molar refractivity (Wildman–Crippen MR) is 57.3 cm³/mol. The van der Waals surface area contributed by atoms with E-state index in [1.807, 2.05) is 0 Å². The van der Waals surface area contributed by atoms with Crippen LogP contribution in [0.5, 0.6) is 0 Å². The van der Waals surface area contributed by atoms with Gasteiger partial charge in [0.25, 0.3) is 10.1 Å². The number of allylic oxidation sites excluding steroid dienone is 1. The van der Waals surface area contributed by atoms with E-state index in [4.69, 9.17) is 4.55 Å². The van der Waals surface area contributed by atoms with E-state index in [-0.39, 0.29) is 34.5 Å². The molecule has 0 heterocycles. The zero-order chi connectivity index (χ0) is 9.90. The molecule has 0 saturated carbocycles. The summed E-state index contributed by atoms with van der Waals surface area (Å²) >= 11 is 0. The monoisotopic (exact) mass is 222 g/mol. The Morgan fingerprint density at radius 3 is 2.43 bits per heavy atom. The fourth-order valence-corrected chi connectivity index (χ4v) is 1.81. The van der Waals surface area contributed by atoms with Crippen LogP contribution >= 0.6 is 0 Å². The van der Waals surface area contributed by atoms with Crippen molar-refractivity contribution in [2.24, 2.45) is 0 Å². The number of benzene rings is 1. The quantitative estimate of drug-likeness (QED) is 0.472. The van der Waals surface area contributed by atoms with Gasteiger partial charge in [0, 0.05) is 0 Å². The van der Waals surface area contributed by atoms with Gasteiger partial charge in [-0.1, -0.05) is 24.3 Å². The van der Waals surface area contributed by atoms with Gasteiger partial charge in [-0.15, -0.1) is 6.58 Å². The molecule has 0 aromatic heterocycles. The van der Waals surface area contributed by atoms with Crippen LogP contribution in [0.25, 0.3) is 0 Å². The second-order valence-corrected chi connectivity index (χ2v) is 3.97. The van der Waals surface area contributed by atoms with Gasteiger partial charge in [0.2, 0.25) is 0 Å². The van der Waals surface area contributed by atoms with Gasteiger partial charge in [-0.25, -0.2) is 0 Å². The summed E-state index contributed by atoms with van der Waals surface area (Å²) in [5.74, 6) is 0. The molecule has 14 heavy (non-hydrogen) atoms. The van der Waals surface area contributed by atoms with Gasteiger partial charge in [0.1, 0.15) is 0 Å². The Morgan fingerprint density at radius 2 is 1.93 bits per heavy atom. The van der Waals surface area contributed by atoms with Crippen LogP contribution in [0.15, 0.2) is 41.8 Å². The molecule has 1 aromatic carbocycles. The molecule has 0 aliphatic rings. The van der Waals surface area contributed by atoms with Gasteiger partial charge in [-0.05, 0) is 18.1 Å². The van der Waals surface area contributed by atoms with Crippen LogP contribution in [0.2, 0.25) is 0 Å². The SMILES string of the molecule is C=CCc1ccccc1S(=O)(=O)O.[NaH]. The van der Waals surface area contributed by atoms with Crippen molar-refractivity contribution in [3.8, 4) is 0 Å². The minimum atomic E-state index is -4.10. The van der Waals surface area contributed by atoms with Crippen LogP contribution in [0.1, 0.15) is 5.56 Å². The first-order valence-corrected chi connectivity index (χ1v) is 5.16. The molecule has 0 spiro atoms. The summed E-state index contributed by atoms with van der Waals surface area (Å²) in [6.07, 6.45) is 2.01. The zero-order valence-corrected chi connectivity index (χ0v) is 7.79. The van der Waals surface area contributed by atoms with E-state index >= 15 is 0 Å². The summed E-state index contributed by atoms with van der Waals surface area (Å²) in [6.45, 7) is 3.50. The molecule has 0 fully saturated rings. The summed E-state index contributed by atoms with van der Waals surface area (Å²) in [7, 11) is -4.10. The van der Waals surface area contributed by atoms with Gasteiger partial charge >= 0.3 is 29.6 Å². The fourth-order valence-electron chi connectivity index (χ4n) is 1.08. The van der Waals surface area contributed by atoms with E-state index in [1.165, 1.54) is 6.07 Å². The Hall–Kier alpha value is -0.130. The molecule has 72 valence electrons. The van der Waals surface area contributed by atoms with E-state index in [2.05, 4.69) is 6.58 Å². The Morgan fingerprint density at radius 1 is 1.36 bits per heavy atom. The molecule has 0 atom stereocenters. The summed E-state index contributed by atoms with van der Waals surface area (Å²) in [4.78, 5) is -0.0464. The van der Waals surface area contributed by atoms with Crippen molar-refractivity contribution in [1.29, 1.82) is 0 Å². The van der Waals surface area contributed by atoms with Crippen molar-refractivity contribution >= 4 is 39.7 Å². The van der Waals surface area contributed by atoms with Crippen LogP contribution in [-0.4, -0.2) is 42.5 Å². The molecule has 0 unspecified atom stereocenters. The Labute approximate surface area is 106 Å². The predicted octanol–water partition coefficient (Wildman–Crippen LogP) is 1.01. The van der Waals surface area contributed by atoms with E-state index < -0.39 is 10.1 Å². The third-order valence-corrected chi connectivity index (χ3v) is 2.57. The Bertz CT molecular complexity index is 412. The number of hydrogen-bond acceptors (Lipinski definition) is 2. The summed E-state index contributed by atoms with van der Waals surface area (Å²) in [5.41, 5.74) is 0.556. The molecule has 3 nitrogen and oxygen atoms in total. The van der Waals surface area contributed by atoms with Crippen LogP contribution in [0, 0.1) is 0 Å². The van der Waals surface area contributed by atoms with Gasteiger partial charge in [-0.2, -0.15) is 8.42 Å². The molecular formula is C9H11NaO3S. The molecule has 1 aromatic rings. The summed E-state index contributed by atoms with van der Waals surface area (Å²) in [6, 6.07) is 6.29. The standard InChI is InChI=1S/C9H10O3S.Na.H/c1-2-5-8-6-3-4-7-9(8)13(10,11)12;;/h2-4,6-7H,1,5H2,(H,10,11,12);;. The molecule has 0 amide bonds. The normalized spacial score (nSPS) is 10.4. The third kappa shape index (κ3) is 3.55.